The van der Waals surface area contributed by atoms with Gasteiger partial charge in [0, 0.05) is 0 Å². The number of aromatic hydroxyl groups is 1. The zero-order valence-corrected chi connectivity index (χ0v) is 17.1. The predicted octanol–water partition coefficient (Wildman–Crippen LogP) is -2.37. The van der Waals surface area contributed by atoms with E-state index in [0.717, 1.165) is 0 Å². The Bertz CT molecular complexity index is 787. The van der Waals surface area contributed by atoms with Crippen LogP contribution >= 0.6 is 0 Å². The first-order chi connectivity index (χ1) is 15.2. The first-order valence-electron chi connectivity index (χ1n) is 9.99. The lowest BCUT2D eigenvalue weighted by Gasteiger charge is -2.46. The third kappa shape index (κ3) is 5.03. The van der Waals surface area contributed by atoms with Crippen LogP contribution in [0.3, 0.4) is 0 Å². The van der Waals surface area contributed by atoms with Crippen molar-refractivity contribution in [3.05, 3.63) is 29.8 Å². The van der Waals surface area contributed by atoms with Crippen LogP contribution in [0.2, 0.25) is 0 Å². The first-order valence-corrected chi connectivity index (χ1v) is 9.99. The van der Waals surface area contributed by atoms with Crippen molar-refractivity contribution in [2.24, 2.45) is 0 Å². The molecule has 0 aliphatic carbocycles. The highest BCUT2D eigenvalue weighted by molar-refractivity contribution is 5.29. The van der Waals surface area contributed by atoms with E-state index < -0.39 is 74.1 Å². The second-order valence-electron chi connectivity index (χ2n) is 7.73. The van der Waals surface area contributed by atoms with E-state index in [1.807, 2.05) is 6.07 Å². The molecular weight excluding hydrogens is 430 g/mol. The molecule has 2 aliphatic heterocycles. The molecule has 1 aromatic rings. The Kier molecular flexibility index (Phi) is 8.01. The Hall–Kier alpha value is -1.89. The SMILES string of the molecule is CC1OC(OC2C(OC(C#N)c3ccc(O)cc3)OC(CO)C(O)C2O)C(O)C(O)C1O. The summed E-state index contributed by atoms with van der Waals surface area (Å²) in [6.07, 6.45) is -16.0. The van der Waals surface area contributed by atoms with Crippen LogP contribution in [0.5, 0.6) is 5.75 Å². The van der Waals surface area contributed by atoms with Gasteiger partial charge in [-0.05, 0) is 24.6 Å². The van der Waals surface area contributed by atoms with Crippen molar-refractivity contribution in [3.8, 4) is 11.8 Å². The van der Waals surface area contributed by atoms with Gasteiger partial charge in [0.2, 0.25) is 0 Å². The maximum atomic E-state index is 10.6. The van der Waals surface area contributed by atoms with Crippen LogP contribution in [0.4, 0.5) is 0 Å². The third-order valence-corrected chi connectivity index (χ3v) is 5.51. The molecule has 2 saturated heterocycles. The molecule has 11 unspecified atom stereocenters. The van der Waals surface area contributed by atoms with Crippen molar-refractivity contribution in [2.45, 2.75) is 74.4 Å². The maximum absolute atomic E-state index is 10.6. The molecule has 0 bridgehead atoms. The van der Waals surface area contributed by atoms with E-state index in [-0.39, 0.29) is 5.75 Å². The number of aliphatic hydroxyl groups excluding tert-OH is 6. The number of ether oxygens (including phenoxy) is 4. The summed E-state index contributed by atoms with van der Waals surface area (Å²) in [5, 5.41) is 79.4. The smallest absolute Gasteiger partial charge is 0.189 e. The minimum atomic E-state index is -1.70. The van der Waals surface area contributed by atoms with Crippen LogP contribution < -0.4 is 0 Å². The summed E-state index contributed by atoms with van der Waals surface area (Å²) in [5.41, 5.74) is 0.343. The fourth-order valence-corrected chi connectivity index (χ4v) is 3.56. The van der Waals surface area contributed by atoms with Gasteiger partial charge < -0.3 is 54.7 Å². The zero-order valence-electron chi connectivity index (χ0n) is 17.1. The number of rotatable bonds is 6. The Morgan fingerprint density at radius 1 is 0.938 bits per heavy atom. The minimum absolute atomic E-state index is 0.0299. The number of benzene rings is 1. The molecule has 0 amide bonds. The highest BCUT2D eigenvalue weighted by Crippen LogP contribution is 2.32. The Balaban J connectivity index is 1.83. The lowest BCUT2D eigenvalue weighted by Crippen LogP contribution is -2.64. The van der Waals surface area contributed by atoms with Gasteiger partial charge in [-0.25, -0.2) is 0 Å². The number of phenols is 1. The van der Waals surface area contributed by atoms with Crippen molar-refractivity contribution in [1.29, 1.82) is 5.26 Å². The monoisotopic (exact) mass is 457 g/mol. The molecule has 2 aliphatic rings. The second kappa shape index (κ2) is 10.4. The van der Waals surface area contributed by atoms with Gasteiger partial charge in [-0.2, -0.15) is 5.26 Å². The average molecular weight is 457 g/mol. The van der Waals surface area contributed by atoms with Crippen molar-refractivity contribution in [1.82, 2.24) is 0 Å². The Morgan fingerprint density at radius 3 is 2.19 bits per heavy atom. The fraction of sp³-hybridized carbons (Fsp3) is 0.650. The molecule has 2 fully saturated rings. The molecule has 11 atom stereocenters. The quantitative estimate of drug-likeness (QED) is 0.239. The Labute approximate surface area is 183 Å². The lowest BCUT2D eigenvalue weighted by molar-refractivity contribution is -0.367. The summed E-state index contributed by atoms with van der Waals surface area (Å²) in [4.78, 5) is 0. The van der Waals surface area contributed by atoms with Gasteiger partial charge in [-0.1, -0.05) is 12.1 Å². The molecule has 3 rings (SSSR count). The molecule has 7 N–H and O–H groups in total. The van der Waals surface area contributed by atoms with Crippen molar-refractivity contribution in [3.63, 3.8) is 0 Å². The van der Waals surface area contributed by atoms with Gasteiger partial charge in [0.1, 0.15) is 48.5 Å². The number of nitriles is 1. The number of hydrogen-bond acceptors (Lipinski definition) is 12. The molecular formula is C20H27NO11. The molecule has 1 aromatic carbocycles. The topological polar surface area (TPSA) is 202 Å². The van der Waals surface area contributed by atoms with Crippen molar-refractivity contribution >= 4 is 0 Å². The summed E-state index contributed by atoms with van der Waals surface area (Å²) < 4.78 is 22.1. The number of aliphatic hydroxyl groups is 6. The number of phenolic OH excluding ortho intramolecular Hbond substituents is 1. The minimum Gasteiger partial charge on any atom is -0.508 e. The standard InChI is InChI=1S/C20H27NO11/c1-8-13(24)15(26)17(28)19(29-8)32-18-16(27)14(25)12(7-22)31-20(18)30-11(6-21)9-2-4-10(23)5-3-9/h2-5,8,11-20,22-28H,7H2,1H3. The van der Waals surface area contributed by atoms with Crippen LogP contribution in [0.1, 0.15) is 18.6 Å². The van der Waals surface area contributed by atoms with Gasteiger partial charge in [0.15, 0.2) is 18.7 Å². The summed E-state index contributed by atoms with van der Waals surface area (Å²) in [5.74, 6) is -0.0299. The number of hydrogen-bond donors (Lipinski definition) is 7. The van der Waals surface area contributed by atoms with Gasteiger partial charge in [0.05, 0.1) is 18.8 Å². The van der Waals surface area contributed by atoms with E-state index in [4.69, 9.17) is 18.9 Å². The normalized spacial score (nSPS) is 41.1. The highest BCUT2D eigenvalue weighted by atomic mass is 16.8. The lowest BCUT2D eigenvalue weighted by atomic mass is 9.97. The predicted molar refractivity (Wildman–Crippen MR) is 103 cm³/mol. The molecule has 2 heterocycles. The maximum Gasteiger partial charge on any atom is 0.189 e. The second-order valence-corrected chi connectivity index (χ2v) is 7.73. The van der Waals surface area contributed by atoms with Gasteiger partial charge in [-0.3, -0.25) is 0 Å². The van der Waals surface area contributed by atoms with Crippen LogP contribution in [-0.2, 0) is 18.9 Å². The fourth-order valence-electron chi connectivity index (χ4n) is 3.56. The van der Waals surface area contributed by atoms with Gasteiger partial charge in [0.25, 0.3) is 0 Å². The zero-order chi connectivity index (χ0) is 23.6. The van der Waals surface area contributed by atoms with Crippen LogP contribution in [0, 0.1) is 11.3 Å². The summed E-state index contributed by atoms with van der Waals surface area (Å²) in [7, 11) is 0. The summed E-state index contributed by atoms with van der Waals surface area (Å²) >= 11 is 0. The molecule has 12 heteroatoms. The van der Waals surface area contributed by atoms with E-state index in [1.165, 1.54) is 31.2 Å². The van der Waals surface area contributed by atoms with Gasteiger partial charge >= 0.3 is 0 Å². The molecule has 0 spiro atoms. The highest BCUT2D eigenvalue weighted by Gasteiger charge is 2.50. The Morgan fingerprint density at radius 2 is 1.59 bits per heavy atom. The van der Waals surface area contributed by atoms with E-state index >= 15 is 0 Å². The van der Waals surface area contributed by atoms with Crippen LogP contribution in [0.25, 0.3) is 0 Å². The van der Waals surface area contributed by atoms with Crippen LogP contribution in [-0.4, -0.2) is 104 Å². The van der Waals surface area contributed by atoms with Gasteiger partial charge in [-0.15, -0.1) is 0 Å². The molecule has 12 nitrogen and oxygen atoms in total. The van der Waals surface area contributed by atoms with Crippen molar-refractivity contribution in [2.75, 3.05) is 6.61 Å². The van der Waals surface area contributed by atoms with E-state index in [1.54, 1.807) is 0 Å². The summed E-state index contributed by atoms with van der Waals surface area (Å²) in [6, 6.07) is 7.45. The molecule has 32 heavy (non-hydrogen) atoms. The van der Waals surface area contributed by atoms with Crippen LogP contribution in [0.15, 0.2) is 24.3 Å². The molecule has 0 radical (unpaired) electrons. The molecule has 178 valence electrons. The molecule has 0 saturated carbocycles. The molecule has 0 aromatic heterocycles. The summed E-state index contributed by atoms with van der Waals surface area (Å²) in [6.45, 7) is 0.761. The van der Waals surface area contributed by atoms with Crippen molar-refractivity contribution < 1.29 is 54.7 Å². The first kappa shape index (κ1) is 24.7. The van der Waals surface area contributed by atoms with E-state index in [9.17, 15) is 41.0 Å². The largest absolute Gasteiger partial charge is 0.508 e. The average Bonchev–Trinajstić information content (AvgIpc) is 2.79. The van der Waals surface area contributed by atoms with E-state index in [2.05, 4.69) is 0 Å². The third-order valence-electron chi connectivity index (χ3n) is 5.51. The number of nitrogens with zero attached hydrogens (tertiary/aromatic N) is 1. The van der Waals surface area contributed by atoms with E-state index in [0.29, 0.717) is 5.56 Å².